The molecule has 6 heteroatoms. The number of rotatable bonds is 5. The number of methoxy groups -OCH3 is 1. The molecule has 1 amide bonds. The van der Waals surface area contributed by atoms with Crippen LogP contribution in [0.3, 0.4) is 0 Å². The first kappa shape index (κ1) is 17.8. The number of benzene rings is 2. The molecule has 2 heterocycles. The highest BCUT2D eigenvalue weighted by Gasteiger charge is 2.41. The molecule has 2 aliphatic heterocycles. The van der Waals surface area contributed by atoms with Gasteiger partial charge in [-0.05, 0) is 24.6 Å². The van der Waals surface area contributed by atoms with Gasteiger partial charge in [-0.3, -0.25) is 10.2 Å². The Labute approximate surface area is 159 Å². The minimum Gasteiger partial charge on any atom is -0.493 e. The molecule has 2 aromatic rings. The summed E-state index contributed by atoms with van der Waals surface area (Å²) in [6, 6.07) is 15.9. The van der Waals surface area contributed by atoms with Gasteiger partial charge in [-0.1, -0.05) is 42.0 Å². The third-order valence-corrected chi connectivity index (χ3v) is 5.22. The summed E-state index contributed by atoms with van der Waals surface area (Å²) in [5, 5.41) is 0. The maximum absolute atomic E-state index is 13.0. The maximum atomic E-state index is 13.0. The van der Waals surface area contributed by atoms with Crippen LogP contribution >= 0.6 is 0 Å². The predicted octanol–water partition coefficient (Wildman–Crippen LogP) is 2.06. The number of amides is 1. The minimum absolute atomic E-state index is 0.00462. The van der Waals surface area contributed by atoms with Crippen molar-refractivity contribution in [3.05, 3.63) is 59.7 Å². The number of nitrogens with zero attached hydrogens (tertiary/aromatic N) is 1. The van der Waals surface area contributed by atoms with E-state index in [4.69, 9.17) is 9.47 Å². The second-order valence-electron chi connectivity index (χ2n) is 7.16. The van der Waals surface area contributed by atoms with Gasteiger partial charge in [0, 0.05) is 6.54 Å². The number of hydrogen-bond donors (Lipinski definition) is 2. The molecule has 0 bridgehead atoms. The van der Waals surface area contributed by atoms with E-state index in [1.54, 1.807) is 7.11 Å². The Morgan fingerprint density at radius 3 is 2.63 bits per heavy atom. The van der Waals surface area contributed by atoms with E-state index in [1.165, 1.54) is 5.56 Å². The minimum atomic E-state index is -0.112. The number of carbonyl (C=O) groups is 1. The Morgan fingerprint density at radius 1 is 1.11 bits per heavy atom. The number of para-hydroxylation sites is 2. The molecule has 0 radical (unpaired) electrons. The van der Waals surface area contributed by atoms with Crippen molar-refractivity contribution in [2.45, 2.75) is 19.1 Å². The predicted molar refractivity (Wildman–Crippen MR) is 103 cm³/mol. The molecule has 4 rings (SSSR count). The zero-order valence-corrected chi connectivity index (χ0v) is 15.6. The summed E-state index contributed by atoms with van der Waals surface area (Å²) < 4.78 is 11.3. The zero-order chi connectivity index (χ0) is 18.8. The first-order valence-corrected chi connectivity index (χ1v) is 9.29. The molecule has 142 valence electrons. The number of ether oxygens (including phenoxy) is 2. The van der Waals surface area contributed by atoms with Crippen molar-refractivity contribution >= 4 is 5.91 Å². The molecule has 0 aromatic heterocycles. The molecule has 2 fully saturated rings. The van der Waals surface area contributed by atoms with Gasteiger partial charge < -0.3 is 14.4 Å². The van der Waals surface area contributed by atoms with E-state index in [0.29, 0.717) is 25.4 Å². The summed E-state index contributed by atoms with van der Waals surface area (Å²) in [5.41, 5.74) is 8.74. The van der Waals surface area contributed by atoms with Crippen LogP contribution in [0.25, 0.3) is 0 Å². The van der Waals surface area contributed by atoms with Crippen LogP contribution in [-0.4, -0.2) is 43.7 Å². The van der Waals surface area contributed by atoms with E-state index >= 15 is 0 Å². The second kappa shape index (κ2) is 7.58. The molecule has 2 aromatic carbocycles. The maximum Gasteiger partial charge on any atom is 0.229 e. The highest BCUT2D eigenvalue weighted by Crippen LogP contribution is 2.31. The van der Waals surface area contributed by atoms with Crippen LogP contribution in [0.1, 0.15) is 17.2 Å². The van der Waals surface area contributed by atoms with Gasteiger partial charge in [-0.25, -0.2) is 5.43 Å². The fourth-order valence-electron chi connectivity index (χ4n) is 3.73. The summed E-state index contributed by atoms with van der Waals surface area (Å²) in [6.45, 7) is 3.91. The van der Waals surface area contributed by atoms with Gasteiger partial charge in [0.25, 0.3) is 0 Å². The number of hydrazine groups is 1. The van der Waals surface area contributed by atoms with E-state index in [1.807, 2.05) is 35.2 Å². The highest BCUT2D eigenvalue weighted by molar-refractivity contribution is 5.81. The normalized spacial score (nSPS) is 22.4. The van der Waals surface area contributed by atoms with E-state index < -0.39 is 0 Å². The molecule has 0 aliphatic carbocycles. The fraction of sp³-hybridized carbons (Fsp3) is 0.381. The largest absolute Gasteiger partial charge is 0.493 e. The molecule has 2 unspecified atom stereocenters. The second-order valence-corrected chi connectivity index (χ2v) is 7.16. The number of aryl methyl sites for hydroxylation is 1. The molecule has 2 saturated heterocycles. The van der Waals surface area contributed by atoms with Gasteiger partial charge in [0.15, 0.2) is 11.5 Å². The Morgan fingerprint density at radius 2 is 1.89 bits per heavy atom. The van der Waals surface area contributed by atoms with Gasteiger partial charge in [0.1, 0.15) is 6.10 Å². The SMILES string of the molecule is COc1ccccc1OC1CN(C(=O)C2CNNC2c2cccc(C)c2)C1. The average molecular weight is 367 g/mol. The summed E-state index contributed by atoms with van der Waals surface area (Å²) in [4.78, 5) is 14.9. The topological polar surface area (TPSA) is 62.8 Å². The van der Waals surface area contributed by atoms with E-state index in [-0.39, 0.29) is 24.0 Å². The van der Waals surface area contributed by atoms with Gasteiger partial charge in [0.05, 0.1) is 32.2 Å². The van der Waals surface area contributed by atoms with Crippen molar-refractivity contribution in [3.8, 4) is 11.5 Å². The molecular weight excluding hydrogens is 342 g/mol. The first-order valence-electron chi connectivity index (χ1n) is 9.29. The van der Waals surface area contributed by atoms with Crippen molar-refractivity contribution in [1.82, 2.24) is 15.8 Å². The van der Waals surface area contributed by atoms with E-state index in [9.17, 15) is 4.79 Å². The summed E-state index contributed by atoms with van der Waals surface area (Å²) in [7, 11) is 1.63. The van der Waals surface area contributed by atoms with Gasteiger partial charge in [0.2, 0.25) is 5.91 Å². The van der Waals surface area contributed by atoms with Crippen LogP contribution in [0.2, 0.25) is 0 Å². The van der Waals surface area contributed by atoms with Crippen LogP contribution < -0.4 is 20.3 Å². The zero-order valence-electron chi connectivity index (χ0n) is 15.6. The lowest BCUT2D eigenvalue weighted by Crippen LogP contribution is -2.58. The van der Waals surface area contributed by atoms with Crippen molar-refractivity contribution in [2.24, 2.45) is 5.92 Å². The lowest BCUT2D eigenvalue weighted by Gasteiger charge is -2.41. The smallest absolute Gasteiger partial charge is 0.229 e. The van der Waals surface area contributed by atoms with Crippen molar-refractivity contribution in [2.75, 3.05) is 26.7 Å². The third-order valence-electron chi connectivity index (χ3n) is 5.22. The Hall–Kier alpha value is -2.57. The van der Waals surface area contributed by atoms with Crippen LogP contribution in [0, 0.1) is 12.8 Å². The van der Waals surface area contributed by atoms with Crippen molar-refractivity contribution in [1.29, 1.82) is 0 Å². The highest BCUT2D eigenvalue weighted by atomic mass is 16.5. The lowest BCUT2D eigenvalue weighted by atomic mass is 9.91. The fourth-order valence-corrected chi connectivity index (χ4v) is 3.73. The van der Waals surface area contributed by atoms with Crippen LogP contribution in [0.5, 0.6) is 11.5 Å². The number of carbonyl (C=O) groups excluding carboxylic acids is 1. The first-order chi connectivity index (χ1) is 13.2. The number of nitrogens with one attached hydrogen (secondary N) is 2. The molecule has 0 spiro atoms. The average Bonchev–Trinajstić information content (AvgIpc) is 3.14. The lowest BCUT2D eigenvalue weighted by molar-refractivity contribution is -0.144. The van der Waals surface area contributed by atoms with Gasteiger partial charge >= 0.3 is 0 Å². The number of likely N-dealkylation sites (tertiary alicyclic amines) is 1. The molecule has 2 aliphatic rings. The van der Waals surface area contributed by atoms with Gasteiger partial charge in [-0.2, -0.15) is 0 Å². The third kappa shape index (κ3) is 3.63. The molecule has 27 heavy (non-hydrogen) atoms. The molecule has 2 N–H and O–H groups in total. The standard InChI is InChI=1S/C21H25N3O3/c1-14-6-5-7-15(10-14)20-17(11-22-23-20)21(25)24-12-16(13-24)27-19-9-4-3-8-18(19)26-2/h3-10,16-17,20,22-23H,11-13H2,1-2H3. The molecule has 0 saturated carbocycles. The summed E-state index contributed by atoms with van der Waals surface area (Å²) in [6.07, 6.45) is 0.00462. The Bertz CT molecular complexity index is 820. The molecule has 6 nitrogen and oxygen atoms in total. The molecule has 2 atom stereocenters. The summed E-state index contributed by atoms with van der Waals surface area (Å²) in [5.74, 6) is 1.49. The monoisotopic (exact) mass is 367 g/mol. The van der Waals surface area contributed by atoms with E-state index in [0.717, 1.165) is 11.3 Å². The quantitative estimate of drug-likeness (QED) is 0.847. The Balaban J connectivity index is 1.37. The Kier molecular flexibility index (Phi) is 5.01. The summed E-state index contributed by atoms with van der Waals surface area (Å²) >= 11 is 0. The van der Waals surface area contributed by atoms with E-state index in [2.05, 4.69) is 36.0 Å². The van der Waals surface area contributed by atoms with Crippen molar-refractivity contribution < 1.29 is 14.3 Å². The van der Waals surface area contributed by atoms with Crippen LogP contribution in [0.4, 0.5) is 0 Å². The van der Waals surface area contributed by atoms with Crippen molar-refractivity contribution in [3.63, 3.8) is 0 Å². The van der Waals surface area contributed by atoms with Crippen LogP contribution in [0.15, 0.2) is 48.5 Å². The van der Waals surface area contributed by atoms with Gasteiger partial charge in [-0.15, -0.1) is 0 Å². The molecular formula is C21H25N3O3. The van der Waals surface area contributed by atoms with Crippen LogP contribution in [-0.2, 0) is 4.79 Å². The number of hydrogen-bond acceptors (Lipinski definition) is 5.